The molecule has 0 fully saturated rings. The van der Waals surface area contributed by atoms with E-state index in [0.29, 0.717) is 18.7 Å². The van der Waals surface area contributed by atoms with Crippen molar-refractivity contribution in [2.45, 2.75) is 32.6 Å². The first-order chi connectivity index (χ1) is 8.30. The van der Waals surface area contributed by atoms with Crippen LogP contribution in [-0.4, -0.2) is 20.7 Å². The lowest BCUT2D eigenvalue weighted by Crippen LogP contribution is -2.28. The largest absolute Gasteiger partial charge is 0.330 e. The summed E-state index contributed by atoms with van der Waals surface area (Å²) in [4.78, 5) is 0. The number of sulfonamides is 1. The van der Waals surface area contributed by atoms with Crippen LogP contribution in [0.25, 0.3) is 0 Å². The van der Waals surface area contributed by atoms with Gasteiger partial charge in [0.25, 0.3) is 0 Å². The molecule has 0 aliphatic carbocycles. The fraction of sp³-hybridized carbons (Fsp3) is 0.538. The van der Waals surface area contributed by atoms with Crippen molar-refractivity contribution in [2.24, 2.45) is 5.73 Å². The number of hydrogen-bond acceptors (Lipinski definition) is 3. The topological polar surface area (TPSA) is 72.2 Å². The Bertz CT molecular complexity index is 478. The Morgan fingerprint density at radius 2 is 1.78 bits per heavy atom. The molecule has 1 aromatic rings. The third-order valence-corrected chi connectivity index (χ3v) is 4.42. The van der Waals surface area contributed by atoms with Gasteiger partial charge in [0.05, 0.1) is 5.75 Å². The highest BCUT2D eigenvalue weighted by Gasteiger charge is 2.18. The van der Waals surface area contributed by atoms with Gasteiger partial charge in [0.15, 0.2) is 0 Å². The molecule has 4 nitrogen and oxygen atoms in total. The molecule has 0 bridgehead atoms. The van der Waals surface area contributed by atoms with E-state index in [2.05, 4.69) is 18.6 Å². The first-order valence-electron chi connectivity index (χ1n) is 6.12. The van der Waals surface area contributed by atoms with E-state index in [4.69, 9.17) is 5.73 Å². The SMILES string of the molecule is CCCS(=O)(=O)Nc1ccc(C(C)(C)CN)cc1. The number of hydrogen-bond donors (Lipinski definition) is 2. The highest BCUT2D eigenvalue weighted by molar-refractivity contribution is 7.92. The summed E-state index contributed by atoms with van der Waals surface area (Å²) >= 11 is 0. The first kappa shape index (κ1) is 15.0. The van der Waals surface area contributed by atoms with Gasteiger partial charge in [0.1, 0.15) is 0 Å². The third-order valence-electron chi connectivity index (χ3n) is 2.92. The minimum absolute atomic E-state index is 0.0964. The van der Waals surface area contributed by atoms with Gasteiger partial charge in [-0.2, -0.15) is 0 Å². The molecule has 0 spiro atoms. The number of nitrogens with two attached hydrogens (primary N) is 1. The molecule has 1 rings (SSSR count). The molecule has 0 heterocycles. The predicted molar refractivity (Wildman–Crippen MR) is 76.2 cm³/mol. The van der Waals surface area contributed by atoms with Crippen LogP contribution in [0.2, 0.25) is 0 Å². The summed E-state index contributed by atoms with van der Waals surface area (Å²) in [5, 5.41) is 0. The van der Waals surface area contributed by atoms with Crippen LogP contribution in [0.4, 0.5) is 5.69 Å². The van der Waals surface area contributed by atoms with Crippen molar-refractivity contribution in [3.05, 3.63) is 29.8 Å². The van der Waals surface area contributed by atoms with Crippen LogP contribution in [0.15, 0.2) is 24.3 Å². The van der Waals surface area contributed by atoms with Crippen LogP contribution in [0.5, 0.6) is 0 Å². The standard InChI is InChI=1S/C13H22N2O2S/c1-4-9-18(16,17)15-12-7-5-11(6-8-12)13(2,3)10-14/h5-8,15H,4,9-10,14H2,1-3H3. The van der Waals surface area contributed by atoms with Gasteiger partial charge < -0.3 is 5.73 Å². The van der Waals surface area contributed by atoms with Gasteiger partial charge in [-0.15, -0.1) is 0 Å². The van der Waals surface area contributed by atoms with Crippen LogP contribution in [0, 0.1) is 0 Å². The molecule has 5 heteroatoms. The maximum Gasteiger partial charge on any atom is 0.232 e. The molecule has 0 amide bonds. The Kier molecular flexibility index (Phi) is 4.76. The number of rotatable bonds is 6. The van der Waals surface area contributed by atoms with E-state index in [0.717, 1.165) is 5.56 Å². The zero-order valence-corrected chi connectivity index (χ0v) is 12.0. The van der Waals surface area contributed by atoms with Crippen LogP contribution >= 0.6 is 0 Å². The summed E-state index contributed by atoms with van der Waals surface area (Å²) in [5.74, 6) is 0.142. The molecule has 0 atom stereocenters. The van der Waals surface area contributed by atoms with E-state index in [-0.39, 0.29) is 11.2 Å². The Balaban J connectivity index is 2.85. The normalized spacial score (nSPS) is 12.4. The average molecular weight is 270 g/mol. The highest BCUT2D eigenvalue weighted by atomic mass is 32.2. The summed E-state index contributed by atoms with van der Waals surface area (Å²) in [6.07, 6.45) is 0.605. The van der Waals surface area contributed by atoms with E-state index in [1.807, 2.05) is 19.1 Å². The fourth-order valence-electron chi connectivity index (χ4n) is 1.61. The Hall–Kier alpha value is -1.07. The molecule has 3 N–H and O–H groups in total. The van der Waals surface area contributed by atoms with Crippen molar-refractivity contribution in [2.75, 3.05) is 17.0 Å². The van der Waals surface area contributed by atoms with Crippen LogP contribution in [0.3, 0.4) is 0 Å². The number of benzene rings is 1. The molecule has 0 aliphatic rings. The smallest absolute Gasteiger partial charge is 0.232 e. The van der Waals surface area contributed by atoms with Gasteiger partial charge in [-0.1, -0.05) is 32.9 Å². The molecular weight excluding hydrogens is 248 g/mol. The van der Waals surface area contributed by atoms with Gasteiger partial charge in [0, 0.05) is 17.6 Å². The zero-order chi connectivity index (χ0) is 13.8. The molecule has 0 unspecified atom stereocenters. The summed E-state index contributed by atoms with van der Waals surface area (Å²) < 4.78 is 25.8. The molecule has 102 valence electrons. The van der Waals surface area contributed by atoms with E-state index in [9.17, 15) is 8.42 Å². The monoisotopic (exact) mass is 270 g/mol. The average Bonchev–Trinajstić information content (AvgIpc) is 2.29. The van der Waals surface area contributed by atoms with Crippen molar-refractivity contribution >= 4 is 15.7 Å². The third kappa shape index (κ3) is 3.99. The summed E-state index contributed by atoms with van der Waals surface area (Å²) in [6.45, 7) is 6.51. The van der Waals surface area contributed by atoms with Crippen molar-refractivity contribution in [3.8, 4) is 0 Å². The molecule has 18 heavy (non-hydrogen) atoms. The quantitative estimate of drug-likeness (QED) is 0.831. The molecule has 0 aromatic heterocycles. The first-order valence-corrected chi connectivity index (χ1v) is 7.77. The van der Waals surface area contributed by atoms with Crippen LogP contribution in [-0.2, 0) is 15.4 Å². The summed E-state index contributed by atoms with van der Waals surface area (Å²) in [6, 6.07) is 7.38. The van der Waals surface area contributed by atoms with Gasteiger partial charge in [0.2, 0.25) is 10.0 Å². The summed E-state index contributed by atoms with van der Waals surface area (Å²) in [5.41, 5.74) is 7.31. The molecule has 0 saturated carbocycles. The summed E-state index contributed by atoms with van der Waals surface area (Å²) in [7, 11) is -3.21. The van der Waals surface area contributed by atoms with Crippen molar-refractivity contribution in [1.82, 2.24) is 0 Å². The van der Waals surface area contributed by atoms with Crippen molar-refractivity contribution < 1.29 is 8.42 Å². The highest BCUT2D eigenvalue weighted by Crippen LogP contribution is 2.23. The van der Waals surface area contributed by atoms with Gasteiger partial charge in [-0.05, 0) is 24.1 Å². The van der Waals surface area contributed by atoms with E-state index >= 15 is 0 Å². The maximum absolute atomic E-state index is 11.6. The predicted octanol–water partition coefficient (Wildman–Crippen LogP) is 2.07. The number of nitrogens with one attached hydrogen (secondary N) is 1. The van der Waals surface area contributed by atoms with Gasteiger partial charge in [-0.3, -0.25) is 4.72 Å². The molecule has 0 radical (unpaired) electrons. The lowest BCUT2D eigenvalue weighted by atomic mass is 9.85. The molecule has 1 aromatic carbocycles. The maximum atomic E-state index is 11.6. The lowest BCUT2D eigenvalue weighted by molar-refractivity contribution is 0.539. The van der Waals surface area contributed by atoms with E-state index in [1.54, 1.807) is 12.1 Å². The van der Waals surface area contributed by atoms with Crippen LogP contribution < -0.4 is 10.5 Å². The minimum Gasteiger partial charge on any atom is -0.330 e. The molecule has 0 saturated heterocycles. The molecular formula is C13H22N2O2S. The Morgan fingerprint density at radius 3 is 2.22 bits per heavy atom. The van der Waals surface area contributed by atoms with Crippen molar-refractivity contribution in [1.29, 1.82) is 0 Å². The van der Waals surface area contributed by atoms with Crippen LogP contribution in [0.1, 0.15) is 32.8 Å². The molecule has 0 aliphatic heterocycles. The minimum atomic E-state index is -3.21. The second kappa shape index (κ2) is 5.71. The van der Waals surface area contributed by atoms with E-state index < -0.39 is 10.0 Å². The van der Waals surface area contributed by atoms with E-state index in [1.165, 1.54) is 0 Å². The lowest BCUT2D eigenvalue weighted by Gasteiger charge is -2.23. The second-order valence-electron chi connectivity index (χ2n) is 5.09. The number of anilines is 1. The zero-order valence-electron chi connectivity index (χ0n) is 11.2. The van der Waals surface area contributed by atoms with Gasteiger partial charge >= 0.3 is 0 Å². The van der Waals surface area contributed by atoms with Crippen molar-refractivity contribution in [3.63, 3.8) is 0 Å². The second-order valence-corrected chi connectivity index (χ2v) is 6.93. The Labute approximate surface area is 110 Å². The van der Waals surface area contributed by atoms with Gasteiger partial charge in [-0.25, -0.2) is 8.42 Å². The fourth-order valence-corrected chi connectivity index (χ4v) is 2.74. The Morgan fingerprint density at radius 1 is 1.22 bits per heavy atom.